The zero-order valence-corrected chi connectivity index (χ0v) is 13.5. The molecule has 4 aliphatic rings. The molecule has 3 heteroatoms. The van der Waals surface area contributed by atoms with Crippen molar-refractivity contribution < 1.29 is 0 Å². The lowest BCUT2D eigenvalue weighted by Crippen LogP contribution is -2.54. The number of nitrogens with one attached hydrogen (secondary N) is 1. The van der Waals surface area contributed by atoms with Crippen LogP contribution in [0.1, 0.15) is 61.9 Å². The van der Waals surface area contributed by atoms with Gasteiger partial charge in [-0.15, -0.1) is 11.3 Å². The summed E-state index contributed by atoms with van der Waals surface area (Å²) in [6, 6.07) is 1.20. The molecule has 0 saturated heterocycles. The van der Waals surface area contributed by atoms with E-state index in [0.717, 1.165) is 36.1 Å². The van der Waals surface area contributed by atoms with Crippen LogP contribution in [0.2, 0.25) is 0 Å². The van der Waals surface area contributed by atoms with E-state index in [9.17, 15) is 0 Å². The van der Waals surface area contributed by atoms with Gasteiger partial charge in [0.2, 0.25) is 0 Å². The van der Waals surface area contributed by atoms with Crippen LogP contribution in [-0.2, 0) is 6.42 Å². The maximum absolute atomic E-state index is 4.63. The fourth-order valence-electron chi connectivity index (χ4n) is 5.24. The normalized spacial score (nSPS) is 40.2. The topological polar surface area (TPSA) is 24.9 Å². The summed E-state index contributed by atoms with van der Waals surface area (Å²) in [7, 11) is 0. The summed E-state index contributed by atoms with van der Waals surface area (Å²) in [5.74, 6) is 4.05. The van der Waals surface area contributed by atoms with Crippen molar-refractivity contribution in [3.05, 3.63) is 16.1 Å². The van der Waals surface area contributed by atoms with E-state index in [-0.39, 0.29) is 0 Å². The molecule has 4 aliphatic carbocycles. The molecule has 110 valence electrons. The van der Waals surface area contributed by atoms with Crippen LogP contribution in [0.3, 0.4) is 0 Å². The Balaban J connectivity index is 1.46. The van der Waals surface area contributed by atoms with Gasteiger partial charge < -0.3 is 5.32 Å². The molecular weight excluding hydrogens is 264 g/mol. The van der Waals surface area contributed by atoms with E-state index in [4.69, 9.17) is 0 Å². The molecular formula is C17H26N2S. The minimum atomic E-state index is 0.433. The maximum atomic E-state index is 4.63. The quantitative estimate of drug-likeness (QED) is 0.899. The summed E-state index contributed by atoms with van der Waals surface area (Å²) in [6.07, 6.45) is 10.7. The Bertz CT molecular complexity index is 453. The van der Waals surface area contributed by atoms with Crippen molar-refractivity contribution in [2.24, 2.45) is 23.7 Å². The first-order valence-electron chi connectivity index (χ1n) is 8.43. The Hall–Kier alpha value is -0.410. The van der Waals surface area contributed by atoms with E-state index >= 15 is 0 Å². The summed E-state index contributed by atoms with van der Waals surface area (Å²) in [5, 5.41) is 5.25. The number of hydrogen-bond acceptors (Lipinski definition) is 3. The zero-order valence-electron chi connectivity index (χ0n) is 12.6. The molecule has 1 aromatic rings. The minimum absolute atomic E-state index is 0.433. The Morgan fingerprint density at radius 1 is 1.20 bits per heavy atom. The Morgan fingerprint density at radius 2 is 1.85 bits per heavy atom. The molecule has 4 fully saturated rings. The Labute approximate surface area is 126 Å². The van der Waals surface area contributed by atoms with Crippen LogP contribution in [-0.4, -0.2) is 11.0 Å². The third-order valence-corrected chi connectivity index (χ3v) is 7.28. The third-order valence-electron chi connectivity index (χ3n) is 5.96. The predicted octanol–water partition coefficient (Wildman–Crippen LogP) is 4.18. The summed E-state index contributed by atoms with van der Waals surface area (Å²) in [4.78, 5) is 6.04. The van der Waals surface area contributed by atoms with Crippen molar-refractivity contribution in [2.75, 3.05) is 0 Å². The van der Waals surface area contributed by atoms with Gasteiger partial charge in [0, 0.05) is 17.1 Å². The summed E-state index contributed by atoms with van der Waals surface area (Å²) >= 11 is 1.89. The van der Waals surface area contributed by atoms with E-state index in [1.165, 1.54) is 35.6 Å². The molecule has 2 nitrogen and oxygen atoms in total. The molecule has 0 radical (unpaired) electrons. The van der Waals surface area contributed by atoms with E-state index in [1.807, 2.05) is 11.3 Å². The molecule has 1 heterocycles. The van der Waals surface area contributed by atoms with Crippen LogP contribution < -0.4 is 5.32 Å². The second-order valence-corrected chi connectivity index (χ2v) is 8.51. The van der Waals surface area contributed by atoms with Crippen LogP contribution in [0.25, 0.3) is 0 Å². The summed E-state index contributed by atoms with van der Waals surface area (Å²) in [5.41, 5.74) is 0. The zero-order chi connectivity index (χ0) is 13.7. The fourth-order valence-corrected chi connectivity index (χ4v) is 6.11. The highest BCUT2D eigenvalue weighted by Crippen LogP contribution is 2.54. The number of thiazole rings is 1. The van der Waals surface area contributed by atoms with Gasteiger partial charge in [0.15, 0.2) is 0 Å². The van der Waals surface area contributed by atoms with Crippen molar-refractivity contribution in [3.8, 4) is 0 Å². The van der Waals surface area contributed by atoms with E-state index in [0.29, 0.717) is 6.04 Å². The van der Waals surface area contributed by atoms with Gasteiger partial charge in [-0.1, -0.05) is 6.92 Å². The van der Waals surface area contributed by atoms with Gasteiger partial charge in [-0.05, 0) is 69.1 Å². The van der Waals surface area contributed by atoms with Crippen molar-refractivity contribution in [3.63, 3.8) is 0 Å². The average molecular weight is 290 g/mol. The minimum Gasteiger partial charge on any atom is -0.305 e. The van der Waals surface area contributed by atoms with E-state index < -0.39 is 0 Å². The number of rotatable bonds is 4. The van der Waals surface area contributed by atoms with Gasteiger partial charge in [-0.3, -0.25) is 0 Å². The second kappa shape index (κ2) is 5.10. The smallest absolute Gasteiger partial charge is 0.109 e. The number of aromatic nitrogens is 1. The van der Waals surface area contributed by atoms with Crippen LogP contribution in [0.5, 0.6) is 0 Å². The highest BCUT2D eigenvalue weighted by atomic mass is 32.1. The summed E-state index contributed by atoms with van der Waals surface area (Å²) in [6.45, 7) is 4.52. The van der Waals surface area contributed by atoms with Gasteiger partial charge in [0.05, 0.1) is 6.04 Å². The van der Waals surface area contributed by atoms with Gasteiger partial charge in [-0.25, -0.2) is 4.98 Å². The second-order valence-electron chi connectivity index (χ2n) is 7.36. The number of hydrogen-bond donors (Lipinski definition) is 1. The lowest BCUT2D eigenvalue weighted by Gasteiger charge is -2.55. The molecule has 1 aromatic heterocycles. The molecule has 0 amide bonds. The Morgan fingerprint density at radius 3 is 2.40 bits per heavy atom. The van der Waals surface area contributed by atoms with Crippen LogP contribution in [0.15, 0.2) is 6.20 Å². The largest absolute Gasteiger partial charge is 0.305 e. The van der Waals surface area contributed by atoms with Crippen molar-refractivity contribution in [1.29, 1.82) is 0 Å². The Kier molecular flexibility index (Phi) is 3.38. The molecule has 1 atom stereocenters. The van der Waals surface area contributed by atoms with Crippen LogP contribution in [0, 0.1) is 23.7 Å². The lowest BCUT2D eigenvalue weighted by atomic mass is 9.54. The van der Waals surface area contributed by atoms with E-state index in [2.05, 4.69) is 30.3 Å². The average Bonchev–Trinajstić information content (AvgIpc) is 2.91. The van der Waals surface area contributed by atoms with Gasteiger partial charge in [0.25, 0.3) is 0 Å². The standard InChI is InChI=1S/C17H26N2S/c1-3-15-9-18-17(20-15)10(2)19-16-13-5-11-4-12(7-13)8-14(16)6-11/h9-14,16,19H,3-8H2,1-2H3. The van der Waals surface area contributed by atoms with Crippen molar-refractivity contribution in [1.82, 2.24) is 10.3 Å². The molecule has 0 spiro atoms. The summed E-state index contributed by atoms with van der Waals surface area (Å²) < 4.78 is 0. The molecule has 0 aliphatic heterocycles. The van der Waals surface area contributed by atoms with E-state index in [1.54, 1.807) is 6.42 Å². The van der Waals surface area contributed by atoms with Gasteiger partial charge >= 0.3 is 0 Å². The van der Waals surface area contributed by atoms with Crippen molar-refractivity contribution in [2.45, 2.75) is 64.5 Å². The number of nitrogens with zero attached hydrogens (tertiary/aromatic N) is 1. The molecule has 1 N–H and O–H groups in total. The molecule has 20 heavy (non-hydrogen) atoms. The molecule has 5 rings (SSSR count). The van der Waals surface area contributed by atoms with Gasteiger partial charge in [-0.2, -0.15) is 0 Å². The predicted molar refractivity (Wildman–Crippen MR) is 83.9 cm³/mol. The molecule has 1 unspecified atom stereocenters. The highest BCUT2D eigenvalue weighted by Gasteiger charge is 2.48. The highest BCUT2D eigenvalue weighted by molar-refractivity contribution is 7.11. The van der Waals surface area contributed by atoms with Gasteiger partial charge in [0.1, 0.15) is 5.01 Å². The first-order valence-corrected chi connectivity index (χ1v) is 9.25. The first-order chi connectivity index (χ1) is 9.72. The first kappa shape index (κ1) is 13.3. The monoisotopic (exact) mass is 290 g/mol. The van der Waals surface area contributed by atoms with Crippen LogP contribution in [0.4, 0.5) is 0 Å². The fraction of sp³-hybridized carbons (Fsp3) is 0.824. The molecule has 4 saturated carbocycles. The SMILES string of the molecule is CCc1cnc(C(C)NC2C3CC4CC(C3)CC2C4)s1. The molecule has 0 aromatic carbocycles. The van der Waals surface area contributed by atoms with Crippen molar-refractivity contribution >= 4 is 11.3 Å². The van der Waals surface area contributed by atoms with Crippen LogP contribution >= 0.6 is 11.3 Å². The maximum Gasteiger partial charge on any atom is 0.109 e. The molecule has 4 bridgehead atoms. The number of aryl methyl sites for hydroxylation is 1. The lowest BCUT2D eigenvalue weighted by molar-refractivity contribution is -0.0171. The third kappa shape index (κ3) is 2.23.